The van der Waals surface area contributed by atoms with E-state index in [-0.39, 0.29) is 110 Å². The van der Waals surface area contributed by atoms with E-state index in [1.165, 1.54) is 35.2 Å². The average molecular weight is 1960 g/mol. The van der Waals surface area contributed by atoms with E-state index in [1.54, 1.807) is 154 Å². The molecule has 4 fully saturated rings. The van der Waals surface area contributed by atoms with Gasteiger partial charge in [0.1, 0.15) is 51.3 Å². The van der Waals surface area contributed by atoms with Crippen LogP contribution >= 0.6 is 62.3 Å². The molecular weight excluding hydrogens is 1880 g/mol. The topological polar surface area (TPSA) is 340 Å². The molecule has 4 aliphatic rings. The molecule has 134 heavy (non-hydrogen) atoms. The van der Waals surface area contributed by atoms with Crippen LogP contribution in [0.2, 0.25) is 20.1 Å². The van der Waals surface area contributed by atoms with Crippen LogP contribution in [-0.4, -0.2) is 100 Å². The number of benzene rings is 12. The van der Waals surface area contributed by atoms with E-state index < -0.39 is 52.9 Å². The molecule has 4 heterocycles. The summed E-state index contributed by atoms with van der Waals surface area (Å²) in [6, 6.07) is 64.5. The molecule has 16 rings (SSSR count). The molecule has 0 unspecified atom stereocenters. The van der Waals surface area contributed by atoms with E-state index in [4.69, 9.17) is 88.3 Å². The van der Waals surface area contributed by atoms with Crippen molar-refractivity contribution in [2.75, 3.05) is 45.8 Å². The lowest BCUT2D eigenvalue weighted by Crippen LogP contribution is -2.24. The van der Waals surface area contributed by atoms with Gasteiger partial charge in [-0.3, -0.25) is 58.3 Å². The zero-order chi connectivity index (χ0) is 96.3. The molecule has 0 bridgehead atoms. The Balaban J connectivity index is 0.000000152. The minimum atomic E-state index is -4.68. The first kappa shape index (κ1) is 97.0. The summed E-state index contributed by atoms with van der Waals surface area (Å²) < 4.78 is 105. The van der Waals surface area contributed by atoms with E-state index >= 15 is 0 Å². The van der Waals surface area contributed by atoms with Crippen LogP contribution in [0.25, 0.3) is 0 Å². The molecule has 8 amide bonds. The lowest BCUT2D eigenvalue weighted by atomic mass is 9.98. The van der Waals surface area contributed by atoms with Crippen LogP contribution < -0.4 is 61.5 Å². The molecule has 35 heteroatoms. The maximum Gasteiger partial charge on any atom is 0.420 e. The summed E-state index contributed by atoms with van der Waals surface area (Å²) in [6.07, 6.45) is -8.24. The Hall–Kier alpha value is -14.5. The first-order valence-electron chi connectivity index (χ1n) is 40.7. The van der Waals surface area contributed by atoms with Gasteiger partial charge in [-0.1, -0.05) is 123 Å². The monoisotopic (exact) mass is 1960 g/mol. The van der Waals surface area contributed by atoms with Crippen molar-refractivity contribution >= 4 is 182 Å². The van der Waals surface area contributed by atoms with Crippen LogP contribution in [0, 0.1) is 6.92 Å². The quantitative estimate of drug-likeness (QED) is 0.0324. The molecule has 4 aliphatic heterocycles. The van der Waals surface area contributed by atoms with Crippen LogP contribution in [0.3, 0.4) is 0 Å². The third-order valence-corrected chi connectivity index (χ3v) is 23.9. The second-order valence-electron chi connectivity index (χ2n) is 31.0. The summed E-state index contributed by atoms with van der Waals surface area (Å²) in [6.45, 7) is 17.4. The average Bonchev–Trinajstić information content (AvgIpc) is 1.07. The van der Waals surface area contributed by atoms with Crippen LogP contribution in [-0.2, 0) is 31.5 Å². The number of anilines is 4. The summed E-state index contributed by atoms with van der Waals surface area (Å²) >= 11 is 28.7. The van der Waals surface area contributed by atoms with Crippen molar-refractivity contribution in [3.8, 4) is 46.0 Å². The number of alkyl halides is 6. The molecule has 0 saturated carbocycles. The Kier molecular flexibility index (Phi) is 30.4. The highest BCUT2D eigenvalue weighted by molar-refractivity contribution is 9.10. The third kappa shape index (κ3) is 23.1. The van der Waals surface area contributed by atoms with E-state index in [1.807, 2.05) is 55.5 Å². The van der Waals surface area contributed by atoms with Crippen LogP contribution in [0.4, 0.5) is 71.8 Å². The Morgan fingerprint density at radius 1 is 0.351 bits per heavy atom. The second-order valence-corrected chi connectivity index (χ2v) is 33.5. The molecule has 0 aromatic heterocycles. The normalized spacial score (nSPS) is 15.7. The third-order valence-electron chi connectivity index (χ3n) is 22.2. The Bertz CT molecular complexity index is 6500. The number of carbonyl (C=O) groups excluding carboxylic acids is 8. The van der Waals surface area contributed by atoms with Gasteiger partial charge in [-0.25, -0.2) is 0 Å². The van der Waals surface area contributed by atoms with Gasteiger partial charge in [-0.05, 0) is 244 Å². The van der Waals surface area contributed by atoms with Gasteiger partial charge in [0.2, 0.25) is 47.3 Å². The molecule has 12 aromatic carbocycles. The highest BCUT2D eigenvalue weighted by Crippen LogP contribution is 2.49. The molecule has 4 atom stereocenters. The highest BCUT2D eigenvalue weighted by Gasteiger charge is 2.40. The fourth-order valence-corrected chi connectivity index (χ4v) is 16.3. The van der Waals surface area contributed by atoms with E-state index in [9.17, 15) is 64.7 Å². The number of aliphatic imine (C=N–C) groups is 4. The minimum absolute atomic E-state index is 0.00704. The van der Waals surface area contributed by atoms with Gasteiger partial charge in [-0.2, -0.15) is 26.3 Å². The summed E-state index contributed by atoms with van der Waals surface area (Å²) in [7, 11) is 0. The molecule has 0 radical (unpaired) electrons. The van der Waals surface area contributed by atoms with Crippen molar-refractivity contribution in [1.82, 2.24) is 0 Å². The Morgan fingerprint density at radius 2 is 0.672 bits per heavy atom. The number of rotatable bonds is 24. The minimum Gasteiger partial charge on any atom is -0.454 e. The number of nitrogens with two attached hydrogens (primary N) is 4. The summed E-state index contributed by atoms with van der Waals surface area (Å²) in [5.41, 5.74) is 28.7. The van der Waals surface area contributed by atoms with Gasteiger partial charge < -0.3 is 61.5 Å². The Labute approximate surface area is 792 Å². The maximum absolute atomic E-state index is 13.6. The standard InChI is InChI=1S/2C25H19ClF3N3O3.C25H22ClN3O3.C24H19BrClN3O3/c1-31-20-7-3-6-18(25(27,28)29)23(20)35-21-11-14(8-9-19(21)26)16-12-22(33)32(13-16)17-5-2-4-15(10-17)24(30)34;1-31-20-8-6-17(25(27,28)29)12-22(20)35-21-10-14(5-7-19(21)26)16-11-23(33)32(13-16)18-4-2-3-15(9-18)24(30)34;1-15-6-9-22(21(10-15)28-2)32-23-12-16(7-8-20(23)26)18-13-24(30)29(14-18)19-5-3-4-17(11-19)25(27)31;1-28-20-12-17(25)6-8-21(20)32-22-10-14(5-7-19(22)26)16-11-23(30)29(13-16)18-4-2-3-15(9-18)24(27)31/h2-11,16H,1,12-13H2,(H2,30,34);2-10,12,16H,1,11,13H2,(H2,30,34);3-12,18H,2,13-14H2,1H3,(H2,27,31);2-10,12,16H,1,11,13H2,(H2,27,31)/t2*16-;18-;16-/m0000/s1. The summed E-state index contributed by atoms with van der Waals surface area (Å²) in [5, 5.41) is 1.18. The van der Waals surface area contributed by atoms with Crippen molar-refractivity contribution in [2.45, 2.75) is 68.6 Å². The Morgan fingerprint density at radius 3 is 1.00 bits per heavy atom. The van der Waals surface area contributed by atoms with Gasteiger partial charge in [0.25, 0.3) is 0 Å². The number of para-hydroxylation sites is 1. The number of aryl methyl sites for hydroxylation is 1. The predicted octanol–water partition coefficient (Wildman–Crippen LogP) is 23.4. The molecule has 684 valence electrons. The smallest absolute Gasteiger partial charge is 0.420 e. The van der Waals surface area contributed by atoms with Gasteiger partial charge in [-0.15, -0.1) is 0 Å². The molecule has 4 saturated heterocycles. The van der Waals surface area contributed by atoms with Crippen molar-refractivity contribution in [2.24, 2.45) is 42.9 Å². The SMILES string of the molecule is C=Nc1cc(Br)ccc1Oc1cc([C@H]2CC(=O)N(c3cccc(C(N)=O)c3)C2)ccc1Cl.C=Nc1cc(C)ccc1Oc1cc([C@H]2CC(=O)N(c3cccc(C(N)=O)c3)C2)ccc1Cl.C=Nc1ccc(C(F)(F)F)cc1Oc1cc([C@H]2CC(=O)N(c3cccc(C(N)=O)c3)C2)ccc1Cl.C=Nc1cccc(C(F)(F)F)c1Oc1cc([C@H]2CC(=O)N(c3cccc(C(N)=O)c3)C2)ccc1Cl. The first-order valence-corrected chi connectivity index (χ1v) is 43.0. The van der Waals surface area contributed by atoms with E-state index in [0.29, 0.717) is 128 Å². The predicted molar refractivity (Wildman–Crippen MR) is 510 cm³/mol. The van der Waals surface area contributed by atoms with Crippen LogP contribution in [0.5, 0.6) is 46.0 Å². The zero-order valence-corrected chi connectivity index (χ0v) is 75.4. The molecular formula is C99H79BrCl4F6N12O12. The number of hydrogen-bond acceptors (Lipinski definition) is 16. The molecule has 24 nitrogen and oxygen atoms in total. The largest absolute Gasteiger partial charge is 0.454 e. The van der Waals surface area contributed by atoms with Gasteiger partial charge in [0.15, 0.2) is 23.0 Å². The second kappa shape index (κ2) is 41.9. The number of nitrogens with zero attached hydrogens (tertiary/aromatic N) is 8. The number of amides is 8. The van der Waals surface area contributed by atoms with Crippen molar-refractivity contribution < 1.29 is 83.6 Å². The van der Waals surface area contributed by atoms with Gasteiger partial charge in [0, 0.05) is 125 Å². The number of hydrogen-bond donors (Lipinski definition) is 4. The fourth-order valence-electron chi connectivity index (χ4n) is 15.3. The van der Waals surface area contributed by atoms with Gasteiger partial charge >= 0.3 is 12.4 Å². The first-order chi connectivity index (χ1) is 63.8. The van der Waals surface area contributed by atoms with Crippen molar-refractivity contribution in [3.05, 3.63) is 328 Å². The molecule has 12 aromatic rings. The summed E-state index contributed by atoms with van der Waals surface area (Å²) in [5.74, 6) is -1.78. The molecule has 8 N–H and O–H groups in total. The number of halogens is 11. The van der Waals surface area contributed by atoms with E-state index in [2.05, 4.69) is 62.8 Å². The lowest BCUT2D eigenvalue weighted by Gasteiger charge is -2.19. The highest BCUT2D eigenvalue weighted by atomic mass is 79.9. The van der Waals surface area contributed by atoms with Crippen molar-refractivity contribution in [1.29, 1.82) is 0 Å². The maximum atomic E-state index is 13.6. The molecule has 0 spiro atoms. The number of primary amides is 4. The van der Waals surface area contributed by atoms with Gasteiger partial charge in [0.05, 0.1) is 25.7 Å². The summed E-state index contributed by atoms with van der Waals surface area (Å²) in [4.78, 5) is 119. The number of ether oxygens (including phenoxy) is 4. The van der Waals surface area contributed by atoms with E-state index in [0.717, 1.165) is 45.4 Å². The van der Waals surface area contributed by atoms with Crippen LogP contribution in [0.15, 0.2) is 267 Å². The zero-order valence-electron chi connectivity index (χ0n) is 70.8. The van der Waals surface area contributed by atoms with Crippen molar-refractivity contribution in [3.63, 3.8) is 0 Å². The number of carbonyl (C=O) groups is 8. The van der Waals surface area contributed by atoms with Crippen LogP contribution in [0.1, 0.15) is 130 Å². The molecule has 0 aliphatic carbocycles. The lowest BCUT2D eigenvalue weighted by molar-refractivity contribution is -0.139. The fraction of sp³-hybridized carbons (Fsp3) is 0.152.